The Kier molecular flexibility index (Phi) is 3.93. The third-order valence-corrected chi connectivity index (χ3v) is 3.94. The number of hydrogen-bond acceptors (Lipinski definition) is 1. The van der Waals surface area contributed by atoms with Crippen LogP contribution in [0.1, 0.15) is 23.6 Å². The lowest BCUT2D eigenvalue weighted by Crippen LogP contribution is -2.34. The minimum Gasteiger partial charge on any atom is -0.318 e. The highest BCUT2D eigenvalue weighted by atomic mass is 79.9. The summed E-state index contributed by atoms with van der Waals surface area (Å²) in [6, 6.07) is 12.3. The largest absolute Gasteiger partial charge is 0.416 e. The van der Waals surface area contributed by atoms with Crippen LogP contribution in [0.15, 0.2) is 53.0 Å². The fourth-order valence-electron chi connectivity index (χ4n) is 2.04. The number of hydrogen-bond donors (Lipinski definition) is 1. The first-order valence-electron chi connectivity index (χ1n) is 5.94. The monoisotopic (exact) mass is 343 g/mol. The van der Waals surface area contributed by atoms with Crippen molar-refractivity contribution in [3.05, 3.63) is 69.7 Å². The van der Waals surface area contributed by atoms with Gasteiger partial charge < -0.3 is 5.73 Å². The van der Waals surface area contributed by atoms with Gasteiger partial charge in [0.15, 0.2) is 0 Å². The molecule has 0 aliphatic carbocycles. The van der Waals surface area contributed by atoms with Crippen molar-refractivity contribution in [2.24, 2.45) is 5.73 Å². The zero-order valence-electron chi connectivity index (χ0n) is 10.7. The van der Waals surface area contributed by atoms with Gasteiger partial charge >= 0.3 is 6.18 Å². The van der Waals surface area contributed by atoms with E-state index in [0.717, 1.165) is 22.2 Å². The molecular weight excluding hydrogens is 331 g/mol. The van der Waals surface area contributed by atoms with E-state index in [1.54, 1.807) is 6.92 Å². The van der Waals surface area contributed by atoms with Crippen LogP contribution in [0, 0.1) is 0 Å². The zero-order chi connectivity index (χ0) is 15.0. The normalized spacial score (nSPS) is 14.9. The Labute approximate surface area is 123 Å². The second kappa shape index (κ2) is 5.22. The predicted octanol–water partition coefficient (Wildman–Crippen LogP) is 4.69. The van der Waals surface area contributed by atoms with Crippen molar-refractivity contribution in [3.63, 3.8) is 0 Å². The molecule has 1 unspecified atom stereocenters. The van der Waals surface area contributed by atoms with Crippen LogP contribution in [0.2, 0.25) is 0 Å². The van der Waals surface area contributed by atoms with Gasteiger partial charge in [-0.15, -0.1) is 0 Å². The summed E-state index contributed by atoms with van der Waals surface area (Å²) < 4.78 is 38.5. The van der Waals surface area contributed by atoms with Crippen LogP contribution in [0.4, 0.5) is 13.2 Å². The number of nitrogens with two attached hydrogens (primary N) is 1. The molecule has 1 nitrogen and oxygen atoms in total. The highest BCUT2D eigenvalue weighted by Crippen LogP contribution is 2.34. The van der Waals surface area contributed by atoms with Gasteiger partial charge in [0.05, 0.1) is 11.1 Å². The topological polar surface area (TPSA) is 26.0 Å². The summed E-state index contributed by atoms with van der Waals surface area (Å²) in [6.45, 7) is 1.77. The summed E-state index contributed by atoms with van der Waals surface area (Å²) in [5.41, 5.74) is 6.20. The Morgan fingerprint density at radius 3 is 1.90 bits per heavy atom. The SMILES string of the molecule is CC(N)(c1ccc(C(F)(F)F)cc1)c1ccccc1Br. The zero-order valence-corrected chi connectivity index (χ0v) is 12.3. The molecule has 0 radical (unpaired) electrons. The average Bonchev–Trinajstić information content (AvgIpc) is 2.38. The third-order valence-electron chi connectivity index (χ3n) is 3.25. The number of benzene rings is 2. The molecule has 0 heterocycles. The molecule has 2 N–H and O–H groups in total. The molecule has 2 rings (SSSR count). The second-order valence-electron chi connectivity index (χ2n) is 4.76. The van der Waals surface area contributed by atoms with Crippen LogP contribution < -0.4 is 5.73 Å². The summed E-state index contributed by atoms with van der Waals surface area (Å²) in [4.78, 5) is 0. The maximum atomic E-state index is 12.6. The van der Waals surface area contributed by atoms with E-state index in [9.17, 15) is 13.2 Å². The summed E-state index contributed by atoms with van der Waals surface area (Å²) in [6.07, 6.45) is -4.34. The van der Waals surface area contributed by atoms with Gasteiger partial charge in [-0.05, 0) is 36.2 Å². The minimum absolute atomic E-state index is 0.623. The molecule has 20 heavy (non-hydrogen) atoms. The van der Waals surface area contributed by atoms with E-state index in [-0.39, 0.29) is 0 Å². The molecule has 0 fully saturated rings. The van der Waals surface area contributed by atoms with E-state index in [2.05, 4.69) is 15.9 Å². The Hall–Kier alpha value is -1.33. The molecule has 106 valence electrons. The Balaban J connectivity index is 2.43. The molecule has 0 amide bonds. The van der Waals surface area contributed by atoms with Crippen LogP contribution in [-0.2, 0) is 11.7 Å². The van der Waals surface area contributed by atoms with E-state index >= 15 is 0 Å². The lowest BCUT2D eigenvalue weighted by molar-refractivity contribution is -0.137. The van der Waals surface area contributed by atoms with Crippen molar-refractivity contribution < 1.29 is 13.2 Å². The van der Waals surface area contributed by atoms with Crippen LogP contribution in [-0.4, -0.2) is 0 Å². The van der Waals surface area contributed by atoms with Crippen molar-refractivity contribution in [2.75, 3.05) is 0 Å². The fraction of sp³-hybridized carbons (Fsp3) is 0.200. The molecule has 0 aromatic heterocycles. The van der Waals surface area contributed by atoms with Crippen molar-refractivity contribution >= 4 is 15.9 Å². The van der Waals surface area contributed by atoms with Crippen molar-refractivity contribution in [2.45, 2.75) is 18.6 Å². The molecule has 0 bridgehead atoms. The quantitative estimate of drug-likeness (QED) is 0.840. The summed E-state index contributed by atoms with van der Waals surface area (Å²) >= 11 is 3.42. The lowest BCUT2D eigenvalue weighted by atomic mass is 9.85. The van der Waals surface area contributed by atoms with E-state index in [1.165, 1.54) is 12.1 Å². The number of alkyl halides is 3. The van der Waals surface area contributed by atoms with E-state index in [1.807, 2.05) is 24.3 Å². The molecule has 0 aliphatic rings. The standard InChI is InChI=1S/C15H13BrF3N/c1-14(20,12-4-2-3-5-13(12)16)10-6-8-11(9-7-10)15(17,18)19/h2-9H,20H2,1H3. The van der Waals surface area contributed by atoms with Crippen LogP contribution in [0.3, 0.4) is 0 Å². The molecule has 0 spiro atoms. The number of halogens is 4. The van der Waals surface area contributed by atoms with Crippen LogP contribution in [0.5, 0.6) is 0 Å². The Morgan fingerprint density at radius 2 is 1.40 bits per heavy atom. The van der Waals surface area contributed by atoms with Gasteiger partial charge in [0.2, 0.25) is 0 Å². The Bertz CT molecular complexity index is 603. The van der Waals surface area contributed by atoms with E-state index < -0.39 is 17.3 Å². The van der Waals surface area contributed by atoms with Gasteiger partial charge in [-0.1, -0.05) is 46.3 Å². The molecule has 0 saturated carbocycles. The van der Waals surface area contributed by atoms with Crippen molar-refractivity contribution in [3.8, 4) is 0 Å². The maximum absolute atomic E-state index is 12.6. The fourth-order valence-corrected chi connectivity index (χ4v) is 2.74. The van der Waals surface area contributed by atoms with Gasteiger partial charge in [-0.25, -0.2) is 0 Å². The highest BCUT2D eigenvalue weighted by molar-refractivity contribution is 9.10. The second-order valence-corrected chi connectivity index (χ2v) is 5.61. The first-order chi connectivity index (χ1) is 9.23. The van der Waals surface area contributed by atoms with Gasteiger partial charge in [-0.3, -0.25) is 0 Å². The van der Waals surface area contributed by atoms with Gasteiger partial charge in [-0.2, -0.15) is 13.2 Å². The summed E-state index contributed by atoms with van der Waals surface area (Å²) in [5.74, 6) is 0. The molecule has 2 aromatic carbocycles. The molecule has 1 atom stereocenters. The maximum Gasteiger partial charge on any atom is 0.416 e. The minimum atomic E-state index is -4.34. The smallest absolute Gasteiger partial charge is 0.318 e. The highest BCUT2D eigenvalue weighted by Gasteiger charge is 2.31. The third kappa shape index (κ3) is 2.88. The molecular formula is C15H13BrF3N. The molecule has 0 saturated heterocycles. The van der Waals surface area contributed by atoms with E-state index in [0.29, 0.717) is 5.56 Å². The first-order valence-corrected chi connectivity index (χ1v) is 6.74. The van der Waals surface area contributed by atoms with Crippen molar-refractivity contribution in [1.82, 2.24) is 0 Å². The molecule has 0 aliphatic heterocycles. The lowest BCUT2D eigenvalue weighted by Gasteiger charge is -2.27. The van der Waals surface area contributed by atoms with Crippen molar-refractivity contribution in [1.29, 1.82) is 0 Å². The molecule has 5 heteroatoms. The van der Waals surface area contributed by atoms with Crippen LogP contribution in [0.25, 0.3) is 0 Å². The predicted molar refractivity (Wildman–Crippen MR) is 76.2 cm³/mol. The Morgan fingerprint density at radius 1 is 0.900 bits per heavy atom. The van der Waals surface area contributed by atoms with Gasteiger partial charge in [0, 0.05) is 4.47 Å². The van der Waals surface area contributed by atoms with E-state index in [4.69, 9.17) is 5.73 Å². The first kappa shape index (κ1) is 15.1. The van der Waals surface area contributed by atoms with Gasteiger partial charge in [0.1, 0.15) is 0 Å². The number of rotatable bonds is 2. The van der Waals surface area contributed by atoms with Crippen LogP contribution >= 0.6 is 15.9 Å². The van der Waals surface area contributed by atoms with Gasteiger partial charge in [0.25, 0.3) is 0 Å². The average molecular weight is 344 g/mol. The molecule has 2 aromatic rings. The summed E-state index contributed by atoms with van der Waals surface area (Å²) in [5, 5.41) is 0. The summed E-state index contributed by atoms with van der Waals surface area (Å²) in [7, 11) is 0.